The van der Waals surface area contributed by atoms with Gasteiger partial charge in [-0.25, -0.2) is 4.98 Å². The lowest BCUT2D eigenvalue weighted by Crippen LogP contribution is -2.38. The number of carbonyl (C=O) groups is 1. The zero-order chi connectivity index (χ0) is 12.1. The lowest BCUT2D eigenvalue weighted by molar-refractivity contribution is 0.0633. The molecule has 1 unspecified atom stereocenters. The second kappa shape index (κ2) is 5.82. The van der Waals surface area contributed by atoms with Gasteiger partial charge in [-0.3, -0.25) is 4.79 Å². The van der Waals surface area contributed by atoms with E-state index >= 15 is 0 Å². The van der Waals surface area contributed by atoms with Crippen molar-refractivity contribution >= 4 is 17.5 Å². The van der Waals surface area contributed by atoms with Crippen molar-refractivity contribution in [2.45, 2.75) is 13.0 Å². The molecule has 1 aromatic rings. The molecule has 16 heavy (non-hydrogen) atoms. The Hall–Kier alpha value is -1.13. The molecule has 1 atom stereocenters. The van der Waals surface area contributed by atoms with E-state index in [0.717, 1.165) is 0 Å². The first-order chi connectivity index (χ1) is 7.57. The van der Waals surface area contributed by atoms with Crippen LogP contribution < -0.4 is 0 Å². The van der Waals surface area contributed by atoms with Gasteiger partial charge < -0.3 is 9.64 Å². The number of methoxy groups -OCH3 is 1. The fourth-order valence-corrected chi connectivity index (χ4v) is 1.49. The number of aromatic nitrogens is 1. The number of ether oxygens (including phenoxy) is 1. The lowest BCUT2D eigenvalue weighted by atomic mass is 10.2. The average Bonchev–Trinajstić information content (AvgIpc) is 2.28. The van der Waals surface area contributed by atoms with Gasteiger partial charge in [-0.1, -0.05) is 11.6 Å². The molecule has 1 heterocycles. The Morgan fingerprint density at radius 2 is 2.38 bits per heavy atom. The molecule has 0 spiro atoms. The zero-order valence-corrected chi connectivity index (χ0v) is 10.4. The Morgan fingerprint density at radius 1 is 1.69 bits per heavy atom. The minimum atomic E-state index is -0.150. The van der Waals surface area contributed by atoms with Gasteiger partial charge in [-0.2, -0.15) is 0 Å². The molecular formula is C11H15ClN2O2. The highest BCUT2D eigenvalue weighted by Crippen LogP contribution is 2.14. The Kier molecular flexibility index (Phi) is 4.71. The quantitative estimate of drug-likeness (QED) is 0.757. The summed E-state index contributed by atoms with van der Waals surface area (Å²) in [5, 5.41) is 0.226. The zero-order valence-electron chi connectivity index (χ0n) is 9.61. The van der Waals surface area contributed by atoms with E-state index in [9.17, 15) is 4.79 Å². The van der Waals surface area contributed by atoms with Crippen molar-refractivity contribution in [2.75, 3.05) is 20.8 Å². The van der Waals surface area contributed by atoms with Crippen molar-refractivity contribution in [3.8, 4) is 0 Å². The number of amides is 1. The molecule has 0 N–H and O–H groups in total. The Bertz CT molecular complexity index is 371. The average molecular weight is 243 g/mol. The molecule has 0 aromatic carbocycles. The molecule has 1 aromatic heterocycles. The van der Waals surface area contributed by atoms with Crippen LogP contribution in [0.2, 0.25) is 5.15 Å². The third kappa shape index (κ3) is 2.93. The summed E-state index contributed by atoms with van der Waals surface area (Å²) < 4.78 is 5.00. The van der Waals surface area contributed by atoms with E-state index in [4.69, 9.17) is 16.3 Å². The normalized spacial score (nSPS) is 12.2. The van der Waals surface area contributed by atoms with Gasteiger partial charge in [0.1, 0.15) is 5.15 Å². The smallest absolute Gasteiger partial charge is 0.257 e. The molecule has 1 rings (SSSR count). The van der Waals surface area contributed by atoms with Crippen LogP contribution in [0.1, 0.15) is 17.3 Å². The van der Waals surface area contributed by atoms with Crippen LogP contribution in [0.4, 0.5) is 0 Å². The number of hydrogen-bond donors (Lipinski definition) is 0. The first-order valence-electron chi connectivity index (χ1n) is 4.94. The van der Waals surface area contributed by atoms with Gasteiger partial charge in [0.15, 0.2) is 0 Å². The Balaban J connectivity index is 2.82. The van der Waals surface area contributed by atoms with Crippen LogP contribution in [0.15, 0.2) is 18.3 Å². The fraction of sp³-hybridized carbons (Fsp3) is 0.455. The molecule has 5 heteroatoms. The van der Waals surface area contributed by atoms with Gasteiger partial charge in [0.05, 0.1) is 18.2 Å². The van der Waals surface area contributed by atoms with Crippen molar-refractivity contribution < 1.29 is 9.53 Å². The maximum absolute atomic E-state index is 12.0. The number of halogens is 1. The molecule has 0 radical (unpaired) electrons. The van der Waals surface area contributed by atoms with E-state index in [1.165, 1.54) is 0 Å². The maximum atomic E-state index is 12.0. The third-order valence-electron chi connectivity index (χ3n) is 2.38. The largest absolute Gasteiger partial charge is 0.383 e. The number of likely N-dealkylation sites (N-methyl/N-ethyl adjacent to an activating group) is 1. The van der Waals surface area contributed by atoms with Crippen LogP contribution in [-0.2, 0) is 4.74 Å². The number of rotatable bonds is 4. The van der Waals surface area contributed by atoms with Crippen molar-refractivity contribution in [3.63, 3.8) is 0 Å². The minimum Gasteiger partial charge on any atom is -0.383 e. The Morgan fingerprint density at radius 3 is 2.94 bits per heavy atom. The van der Waals surface area contributed by atoms with Gasteiger partial charge in [-0.05, 0) is 19.1 Å². The lowest BCUT2D eigenvalue weighted by Gasteiger charge is -2.24. The molecule has 0 fully saturated rings. The second-order valence-electron chi connectivity index (χ2n) is 3.56. The third-order valence-corrected chi connectivity index (χ3v) is 2.68. The summed E-state index contributed by atoms with van der Waals surface area (Å²) in [7, 11) is 3.32. The van der Waals surface area contributed by atoms with E-state index in [1.54, 1.807) is 37.4 Å². The molecule has 0 aliphatic heterocycles. The van der Waals surface area contributed by atoms with Crippen LogP contribution in [0.5, 0.6) is 0 Å². The maximum Gasteiger partial charge on any atom is 0.257 e. The van der Waals surface area contributed by atoms with Crippen LogP contribution >= 0.6 is 11.6 Å². The highest BCUT2D eigenvalue weighted by Gasteiger charge is 2.19. The fourth-order valence-electron chi connectivity index (χ4n) is 1.29. The predicted molar refractivity (Wildman–Crippen MR) is 62.7 cm³/mol. The molecule has 1 amide bonds. The van der Waals surface area contributed by atoms with Crippen LogP contribution in [0.3, 0.4) is 0 Å². The van der Waals surface area contributed by atoms with E-state index in [1.807, 2.05) is 6.92 Å². The van der Waals surface area contributed by atoms with E-state index in [-0.39, 0.29) is 17.1 Å². The molecule has 4 nitrogen and oxygen atoms in total. The number of pyridine rings is 1. The molecule has 88 valence electrons. The van der Waals surface area contributed by atoms with Crippen molar-refractivity contribution in [1.29, 1.82) is 0 Å². The highest BCUT2D eigenvalue weighted by atomic mass is 35.5. The topological polar surface area (TPSA) is 42.4 Å². The first-order valence-corrected chi connectivity index (χ1v) is 5.32. The summed E-state index contributed by atoms with van der Waals surface area (Å²) in [4.78, 5) is 17.5. The summed E-state index contributed by atoms with van der Waals surface area (Å²) in [6.45, 7) is 2.39. The van der Waals surface area contributed by atoms with E-state index < -0.39 is 0 Å². The summed E-state index contributed by atoms with van der Waals surface area (Å²) in [6.07, 6.45) is 1.55. The molecule has 0 saturated heterocycles. The predicted octanol–water partition coefficient (Wildman–Crippen LogP) is 1.84. The number of carbonyl (C=O) groups excluding carboxylic acids is 1. The number of hydrogen-bond acceptors (Lipinski definition) is 3. The van der Waals surface area contributed by atoms with Gasteiger partial charge in [0.2, 0.25) is 0 Å². The SMILES string of the molecule is COCC(C)N(C)C(=O)c1cccnc1Cl. The highest BCUT2D eigenvalue weighted by molar-refractivity contribution is 6.32. The molecule has 0 bridgehead atoms. The minimum absolute atomic E-state index is 0.00577. The van der Waals surface area contributed by atoms with Crippen molar-refractivity contribution in [3.05, 3.63) is 29.0 Å². The molecule has 0 saturated carbocycles. The standard InChI is InChI=1S/C11H15ClN2O2/c1-8(7-16-3)14(2)11(15)9-5-4-6-13-10(9)12/h4-6,8H,7H2,1-3H3. The van der Waals surface area contributed by atoms with Crippen molar-refractivity contribution in [1.82, 2.24) is 9.88 Å². The summed E-state index contributed by atoms with van der Waals surface area (Å²) in [6, 6.07) is 3.34. The van der Waals surface area contributed by atoms with Gasteiger partial charge in [0.25, 0.3) is 5.91 Å². The van der Waals surface area contributed by atoms with Crippen LogP contribution in [0.25, 0.3) is 0 Å². The Labute approximate surface area is 100 Å². The molecular weight excluding hydrogens is 228 g/mol. The van der Waals surface area contributed by atoms with Crippen molar-refractivity contribution in [2.24, 2.45) is 0 Å². The van der Waals surface area contributed by atoms with Crippen LogP contribution in [0, 0.1) is 0 Å². The van der Waals surface area contributed by atoms with Crippen LogP contribution in [-0.4, -0.2) is 42.6 Å². The number of nitrogens with zero attached hydrogens (tertiary/aromatic N) is 2. The molecule has 0 aliphatic rings. The van der Waals surface area contributed by atoms with E-state index in [2.05, 4.69) is 4.98 Å². The summed E-state index contributed by atoms with van der Waals surface area (Å²) in [5.74, 6) is -0.150. The first kappa shape index (κ1) is 12.9. The second-order valence-corrected chi connectivity index (χ2v) is 3.92. The monoisotopic (exact) mass is 242 g/mol. The summed E-state index contributed by atoms with van der Waals surface area (Å²) >= 11 is 5.86. The van der Waals surface area contributed by atoms with Gasteiger partial charge in [0, 0.05) is 20.4 Å². The molecule has 0 aliphatic carbocycles. The van der Waals surface area contributed by atoms with Gasteiger partial charge in [-0.15, -0.1) is 0 Å². The van der Waals surface area contributed by atoms with E-state index in [0.29, 0.717) is 12.2 Å². The summed E-state index contributed by atoms with van der Waals surface area (Å²) in [5.41, 5.74) is 0.412. The van der Waals surface area contributed by atoms with Gasteiger partial charge >= 0.3 is 0 Å².